The molecule has 4 nitrogen and oxygen atoms in total. The van der Waals surface area contributed by atoms with Gasteiger partial charge in [-0.2, -0.15) is 0 Å². The highest BCUT2D eigenvalue weighted by molar-refractivity contribution is 7.96. The minimum absolute atomic E-state index is 0.294. The highest BCUT2D eigenvalue weighted by Gasteiger charge is 2.47. The maximum atomic E-state index is 4.05. The molecule has 4 saturated heterocycles. The van der Waals surface area contributed by atoms with Crippen molar-refractivity contribution < 1.29 is 0 Å². The average Bonchev–Trinajstić information content (AvgIpc) is 3.19. The van der Waals surface area contributed by atoms with E-state index in [9.17, 15) is 0 Å². The molecule has 4 heterocycles. The maximum Gasteiger partial charge on any atom is 0.0306 e. The van der Waals surface area contributed by atoms with E-state index < -0.39 is 0 Å². The van der Waals surface area contributed by atoms with Gasteiger partial charge >= 0.3 is 0 Å². The summed E-state index contributed by atoms with van der Waals surface area (Å²) in [5.74, 6) is 2.67. The van der Waals surface area contributed by atoms with Gasteiger partial charge in [-0.1, -0.05) is 11.9 Å². The highest BCUT2D eigenvalue weighted by Crippen LogP contribution is 2.38. The van der Waals surface area contributed by atoms with Gasteiger partial charge in [-0.15, -0.1) is 0 Å². The van der Waals surface area contributed by atoms with Crippen molar-refractivity contribution >= 4 is 11.9 Å². The van der Waals surface area contributed by atoms with Crippen molar-refractivity contribution in [3.63, 3.8) is 0 Å². The molecule has 22 heavy (non-hydrogen) atoms. The molecule has 5 unspecified atom stereocenters. The lowest BCUT2D eigenvalue weighted by atomic mass is 9.81. The molecule has 0 bridgehead atoms. The van der Waals surface area contributed by atoms with Gasteiger partial charge in [0.25, 0.3) is 0 Å². The van der Waals surface area contributed by atoms with Crippen LogP contribution in [0.1, 0.15) is 26.7 Å². The average molecular weight is 325 g/mol. The molecule has 0 radical (unpaired) electrons. The van der Waals surface area contributed by atoms with Gasteiger partial charge in [0.05, 0.1) is 0 Å². The molecule has 2 N–H and O–H groups in total. The summed E-state index contributed by atoms with van der Waals surface area (Å²) in [4.78, 5) is 2.79. The number of likely N-dealkylation sites (tertiary alicyclic amines) is 1. The van der Waals surface area contributed by atoms with Gasteiger partial charge in [-0.3, -0.25) is 4.90 Å². The fourth-order valence-electron chi connectivity index (χ4n) is 5.29. The first-order valence-electron chi connectivity index (χ1n) is 9.09. The van der Waals surface area contributed by atoms with E-state index in [-0.39, 0.29) is 0 Å². The van der Waals surface area contributed by atoms with Crippen molar-refractivity contribution in [2.24, 2.45) is 17.8 Å². The van der Waals surface area contributed by atoms with Crippen LogP contribution in [0.25, 0.3) is 0 Å². The Hall–Kier alpha value is 0.190. The topological polar surface area (TPSA) is 30.5 Å². The van der Waals surface area contributed by atoms with Crippen molar-refractivity contribution in [2.75, 3.05) is 45.5 Å². The Kier molecular flexibility index (Phi) is 4.23. The normalized spacial score (nSPS) is 43.5. The largest absolute Gasteiger partial charge is 0.316 e. The Balaban J connectivity index is 1.41. The molecule has 126 valence electrons. The van der Waals surface area contributed by atoms with Crippen LogP contribution in [0.4, 0.5) is 0 Å². The molecule has 0 aliphatic carbocycles. The van der Waals surface area contributed by atoms with Crippen LogP contribution in [0.15, 0.2) is 0 Å². The van der Waals surface area contributed by atoms with Gasteiger partial charge in [0.1, 0.15) is 0 Å². The standard InChI is InChI=1S/C17H32N4S/c1-17(2,20-8-13-6-18-7-14(13)9-20)16-5-4-12-10-21(22-3)11-15(12)19-16/h12-16,18-19H,4-11H2,1-3H3. The van der Waals surface area contributed by atoms with Crippen LogP contribution in [0.5, 0.6) is 0 Å². The summed E-state index contributed by atoms with van der Waals surface area (Å²) in [6.45, 7) is 12.6. The van der Waals surface area contributed by atoms with Crippen LogP contribution in [-0.2, 0) is 0 Å². The Morgan fingerprint density at radius 1 is 0.955 bits per heavy atom. The van der Waals surface area contributed by atoms with Gasteiger partial charge < -0.3 is 10.6 Å². The van der Waals surface area contributed by atoms with Crippen molar-refractivity contribution in [3.05, 3.63) is 0 Å². The van der Waals surface area contributed by atoms with Crippen LogP contribution < -0.4 is 10.6 Å². The smallest absolute Gasteiger partial charge is 0.0306 e. The lowest BCUT2D eigenvalue weighted by Crippen LogP contribution is -2.62. The molecule has 0 amide bonds. The number of piperidine rings is 1. The van der Waals surface area contributed by atoms with E-state index in [1.54, 1.807) is 0 Å². The quantitative estimate of drug-likeness (QED) is 0.763. The summed E-state index contributed by atoms with van der Waals surface area (Å²) in [6, 6.07) is 1.37. The van der Waals surface area contributed by atoms with E-state index >= 15 is 0 Å². The van der Waals surface area contributed by atoms with Crippen molar-refractivity contribution in [2.45, 2.75) is 44.3 Å². The Morgan fingerprint density at radius 2 is 1.68 bits per heavy atom. The van der Waals surface area contributed by atoms with Crippen LogP contribution in [-0.4, -0.2) is 72.4 Å². The molecule has 0 aromatic rings. The van der Waals surface area contributed by atoms with Crippen molar-refractivity contribution in [3.8, 4) is 0 Å². The third-order valence-corrected chi connectivity index (χ3v) is 7.78. The van der Waals surface area contributed by atoms with E-state index in [1.807, 2.05) is 11.9 Å². The zero-order valence-corrected chi connectivity index (χ0v) is 15.2. The summed E-state index contributed by atoms with van der Waals surface area (Å²) in [6.07, 6.45) is 4.97. The van der Waals surface area contributed by atoms with Gasteiger partial charge in [-0.05, 0) is 63.8 Å². The zero-order chi connectivity index (χ0) is 15.3. The van der Waals surface area contributed by atoms with Gasteiger partial charge in [-0.25, -0.2) is 4.31 Å². The molecule has 5 atom stereocenters. The second-order valence-electron chi connectivity index (χ2n) is 8.43. The molecule has 0 aromatic heterocycles. The summed E-state index contributed by atoms with van der Waals surface area (Å²) in [5.41, 5.74) is 0.294. The molecule has 0 saturated carbocycles. The van der Waals surface area contributed by atoms with Crippen LogP contribution in [0.3, 0.4) is 0 Å². The van der Waals surface area contributed by atoms with Crippen LogP contribution in [0, 0.1) is 17.8 Å². The summed E-state index contributed by atoms with van der Waals surface area (Å²) in [7, 11) is 0. The number of nitrogens with one attached hydrogen (secondary N) is 2. The first-order valence-corrected chi connectivity index (χ1v) is 10.3. The van der Waals surface area contributed by atoms with Crippen molar-refractivity contribution in [1.29, 1.82) is 0 Å². The van der Waals surface area contributed by atoms with E-state index in [1.165, 1.54) is 52.1 Å². The Morgan fingerprint density at radius 3 is 2.36 bits per heavy atom. The van der Waals surface area contributed by atoms with E-state index in [2.05, 4.69) is 39.9 Å². The van der Waals surface area contributed by atoms with Gasteiger partial charge in [0.2, 0.25) is 0 Å². The Bertz CT molecular complexity index is 403. The molecule has 0 spiro atoms. The minimum Gasteiger partial charge on any atom is -0.316 e. The van der Waals surface area contributed by atoms with Crippen LogP contribution >= 0.6 is 11.9 Å². The van der Waals surface area contributed by atoms with E-state index in [0.29, 0.717) is 17.6 Å². The summed E-state index contributed by atoms with van der Waals surface area (Å²) < 4.78 is 2.55. The lowest BCUT2D eigenvalue weighted by molar-refractivity contribution is 0.0691. The summed E-state index contributed by atoms with van der Waals surface area (Å²) >= 11 is 1.92. The minimum atomic E-state index is 0.294. The second kappa shape index (κ2) is 5.92. The SMILES string of the molecule is CSN1CC2CCC(C(C)(C)N3CC4CNCC4C3)NC2C1. The highest BCUT2D eigenvalue weighted by atomic mass is 32.2. The molecule has 4 fully saturated rings. The number of rotatable bonds is 3. The molecule has 5 heteroatoms. The molecule has 4 aliphatic heterocycles. The first kappa shape index (κ1) is 15.7. The van der Waals surface area contributed by atoms with E-state index in [4.69, 9.17) is 0 Å². The summed E-state index contributed by atoms with van der Waals surface area (Å²) in [5, 5.41) is 7.62. The van der Waals surface area contributed by atoms with E-state index in [0.717, 1.165) is 17.8 Å². The van der Waals surface area contributed by atoms with Crippen molar-refractivity contribution in [1.82, 2.24) is 19.8 Å². The fourth-order valence-corrected chi connectivity index (χ4v) is 5.94. The number of fused-ring (bicyclic) bond motifs is 2. The maximum absolute atomic E-state index is 4.05. The van der Waals surface area contributed by atoms with Gasteiger partial charge in [0, 0.05) is 43.8 Å². The predicted molar refractivity (Wildman–Crippen MR) is 94.0 cm³/mol. The molecular weight excluding hydrogens is 292 g/mol. The fraction of sp³-hybridized carbons (Fsp3) is 1.00. The molecule has 4 rings (SSSR count). The van der Waals surface area contributed by atoms with Gasteiger partial charge in [0.15, 0.2) is 0 Å². The molecule has 4 aliphatic rings. The third kappa shape index (κ3) is 2.63. The van der Waals surface area contributed by atoms with Crippen LogP contribution in [0.2, 0.25) is 0 Å². The zero-order valence-electron chi connectivity index (χ0n) is 14.3. The number of hydrogen-bond donors (Lipinski definition) is 2. The predicted octanol–water partition coefficient (Wildman–Crippen LogP) is 1.25. The Labute approximate surface area is 139 Å². The third-order valence-electron chi connectivity index (χ3n) is 6.96. The molecular formula is C17H32N4S. The first-order chi connectivity index (χ1) is 10.6. The lowest BCUT2D eigenvalue weighted by Gasteiger charge is -2.47. The monoisotopic (exact) mass is 324 g/mol. The number of hydrogen-bond acceptors (Lipinski definition) is 5. The second-order valence-corrected chi connectivity index (χ2v) is 9.31. The molecule has 0 aromatic carbocycles. The number of nitrogens with zero attached hydrogens (tertiary/aromatic N) is 2.